The third kappa shape index (κ3) is 3.85. The van der Waals surface area contributed by atoms with Crippen LogP contribution in [-0.4, -0.2) is 50.3 Å². The summed E-state index contributed by atoms with van der Waals surface area (Å²) in [5.74, 6) is 1.68. The molecule has 9 heteroatoms. The molecule has 1 saturated heterocycles. The zero-order chi connectivity index (χ0) is 20.0. The van der Waals surface area contributed by atoms with Crippen molar-refractivity contribution >= 4 is 27.0 Å². The van der Waals surface area contributed by atoms with E-state index in [0.29, 0.717) is 28.6 Å². The van der Waals surface area contributed by atoms with Crippen LogP contribution in [0.2, 0.25) is 0 Å². The van der Waals surface area contributed by atoms with Gasteiger partial charge in [-0.1, -0.05) is 11.3 Å². The zero-order valence-corrected chi connectivity index (χ0v) is 17.2. The Bertz CT molecular complexity index is 1030. The van der Waals surface area contributed by atoms with Crippen molar-refractivity contribution in [3.8, 4) is 11.6 Å². The molecule has 2 atom stereocenters. The number of fused-ring (bicyclic) bond motifs is 1. The lowest BCUT2D eigenvalue weighted by atomic mass is 10.2. The molecule has 3 heterocycles. The molecule has 1 aliphatic heterocycles. The molecule has 2 fully saturated rings. The highest BCUT2D eigenvalue weighted by Gasteiger charge is 2.33. The molecule has 1 saturated carbocycles. The van der Waals surface area contributed by atoms with Gasteiger partial charge in [0.1, 0.15) is 23.6 Å². The molecule has 6 nitrogen and oxygen atoms in total. The van der Waals surface area contributed by atoms with Crippen molar-refractivity contribution in [3.63, 3.8) is 0 Å². The van der Waals surface area contributed by atoms with Crippen LogP contribution >= 0.6 is 15.9 Å². The second-order valence-corrected chi connectivity index (χ2v) is 8.55. The van der Waals surface area contributed by atoms with Gasteiger partial charge in [0, 0.05) is 37.9 Å². The van der Waals surface area contributed by atoms with E-state index in [1.807, 2.05) is 22.9 Å². The highest BCUT2D eigenvalue weighted by molar-refractivity contribution is 9.10. The monoisotopic (exact) mass is 463 g/mol. The highest BCUT2D eigenvalue weighted by atomic mass is 79.9. The Morgan fingerprint density at radius 2 is 1.93 bits per heavy atom. The van der Waals surface area contributed by atoms with Crippen LogP contribution in [0.1, 0.15) is 18.4 Å². The molecule has 1 aromatic carbocycles. The second-order valence-electron chi connectivity index (χ2n) is 7.76. The van der Waals surface area contributed by atoms with E-state index in [1.165, 1.54) is 12.8 Å². The van der Waals surface area contributed by atoms with Gasteiger partial charge in [-0.25, -0.2) is 18.4 Å². The number of nitrogens with zero attached hydrogens (tertiary/aromatic N) is 5. The minimum atomic E-state index is -1.44. The first kappa shape index (κ1) is 18.9. The maximum Gasteiger partial charge on any atom is 0.223 e. The number of rotatable bonds is 6. The molecular formula is C20H20BrF2N5O. The van der Waals surface area contributed by atoms with Crippen molar-refractivity contribution in [3.05, 3.63) is 40.5 Å². The molecule has 2 aromatic heterocycles. The van der Waals surface area contributed by atoms with E-state index in [4.69, 9.17) is 4.74 Å². The van der Waals surface area contributed by atoms with E-state index < -0.39 is 12.3 Å². The predicted molar refractivity (Wildman–Crippen MR) is 107 cm³/mol. The predicted octanol–water partition coefficient (Wildman–Crippen LogP) is 4.28. The normalized spacial score (nSPS) is 22.4. The molecule has 0 N–H and O–H groups in total. The maximum absolute atomic E-state index is 13.5. The Kier molecular flexibility index (Phi) is 4.95. The van der Waals surface area contributed by atoms with Crippen LogP contribution in [0.25, 0.3) is 11.0 Å². The van der Waals surface area contributed by atoms with Crippen molar-refractivity contribution in [2.24, 2.45) is 5.92 Å². The Hall–Kier alpha value is -2.13. The molecule has 29 heavy (non-hydrogen) atoms. The van der Waals surface area contributed by atoms with Crippen LogP contribution < -0.4 is 4.74 Å². The topological polar surface area (TPSA) is 56.1 Å². The molecule has 5 rings (SSSR count). The number of benzene rings is 1. The van der Waals surface area contributed by atoms with Gasteiger partial charge < -0.3 is 4.74 Å². The fourth-order valence-corrected chi connectivity index (χ4v) is 4.15. The minimum absolute atomic E-state index is 0.0786. The molecule has 2 aliphatic rings. The average Bonchev–Trinajstić information content (AvgIpc) is 3.34. The SMILES string of the molecule is FC1CN(Cc2cccnc2Oc2ccc3c(nnn3CC3CC3)c2Br)CC1F. The van der Waals surface area contributed by atoms with Gasteiger partial charge in [-0.2, -0.15) is 0 Å². The number of likely N-dealkylation sites (tertiary alicyclic amines) is 1. The van der Waals surface area contributed by atoms with E-state index in [9.17, 15) is 8.78 Å². The molecule has 0 amide bonds. The number of hydrogen-bond donors (Lipinski definition) is 0. The van der Waals surface area contributed by atoms with Crippen molar-refractivity contribution in [2.45, 2.75) is 38.3 Å². The quantitative estimate of drug-likeness (QED) is 0.545. The van der Waals surface area contributed by atoms with Crippen LogP contribution in [0.5, 0.6) is 11.6 Å². The van der Waals surface area contributed by atoms with Gasteiger partial charge >= 0.3 is 0 Å². The standard InChI is InChI=1S/C20H20BrF2N5O/c21-18-17(6-5-16-19(18)25-26-28(16)8-12-3-4-12)29-20-13(2-1-7-24-20)9-27-10-14(22)15(23)11-27/h1-2,5-7,12,14-15H,3-4,8-11H2. The molecule has 3 aromatic rings. The lowest BCUT2D eigenvalue weighted by Crippen LogP contribution is -2.21. The molecule has 1 aliphatic carbocycles. The van der Waals surface area contributed by atoms with E-state index in [1.54, 1.807) is 17.2 Å². The van der Waals surface area contributed by atoms with Crippen molar-refractivity contribution in [2.75, 3.05) is 13.1 Å². The number of alkyl halides is 2. The fraction of sp³-hybridized carbons (Fsp3) is 0.450. The summed E-state index contributed by atoms with van der Waals surface area (Å²) >= 11 is 3.58. The Labute approximate surface area is 175 Å². The van der Waals surface area contributed by atoms with Gasteiger partial charge in [-0.05, 0) is 52.9 Å². The maximum atomic E-state index is 13.5. The summed E-state index contributed by atoms with van der Waals surface area (Å²) < 4.78 is 35.7. The number of aromatic nitrogens is 4. The van der Waals surface area contributed by atoms with Crippen LogP contribution in [-0.2, 0) is 13.1 Å². The van der Waals surface area contributed by atoms with E-state index >= 15 is 0 Å². The van der Waals surface area contributed by atoms with Gasteiger partial charge in [-0.3, -0.25) is 4.90 Å². The molecule has 0 radical (unpaired) electrons. The number of ether oxygens (including phenoxy) is 1. The van der Waals surface area contributed by atoms with E-state index in [-0.39, 0.29) is 13.1 Å². The molecule has 0 bridgehead atoms. The van der Waals surface area contributed by atoms with Gasteiger partial charge in [0.05, 0.1) is 9.99 Å². The zero-order valence-electron chi connectivity index (χ0n) is 15.6. The van der Waals surface area contributed by atoms with Crippen LogP contribution in [0.4, 0.5) is 8.78 Å². The Morgan fingerprint density at radius 3 is 2.69 bits per heavy atom. The number of hydrogen-bond acceptors (Lipinski definition) is 5. The Balaban J connectivity index is 1.39. The first-order chi connectivity index (χ1) is 14.1. The summed E-state index contributed by atoms with van der Waals surface area (Å²) in [6, 6.07) is 7.46. The van der Waals surface area contributed by atoms with Gasteiger partial charge in [0.15, 0.2) is 0 Å². The van der Waals surface area contributed by atoms with Crippen LogP contribution in [0, 0.1) is 5.92 Å². The highest BCUT2D eigenvalue weighted by Crippen LogP contribution is 2.37. The van der Waals surface area contributed by atoms with Crippen LogP contribution in [0.3, 0.4) is 0 Å². The van der Waals surface area contributed by atoms with Crippen LogP contribution in [0.15, 0.2) is 34.9 Å². The summed E-state index contributed by atoms with van der Waals surface area (Å²) in [5.41, 5.74) is 2.47. The fourth-order valence-electron chi connectivity index (χ4n) is 3.65. The third-order valence-corrected chi connectivity index (χ3v) is 6.19. The van der Waals surface area contributed by atoms with E-state index in [0.717, 1.165) is 23.1 Å². The second kappa shape index (κ2) is 7.60. The largest absolute Gasteiger partial charge is 0.437 e. The molecule has 2 unspecified atom stereocenters. The smallest absolute Gasteiger partial charge is 0.223 e. The van der Waals surface area contributed by atoms with Crippen molar-refractivity contribution in [1.29, 1.82) is 0 Å². The molecule has 152 valence electrons. The summed E-state index contributed by atoms with van der Waals surface area (Å²) in [4.78, 5) is 6.07. The van der Waals surface area contributed by atoms with Gasteiger partial charge in [-0.15, -0.1) is 5.10 Å². The summed E-state index contributed by atoms with van der Waals surface area (Å²) in [6.45, 7) is 1.42. The third-order valence-electron chi connectivity index (χ3n) is 5.43. The van der Waals surface area contributed by atoms with Crippen molar-refractivity contribution < 1.29 is 13.5 Å². The summed E-state index contributed by atoms with van der Waals surface area (Å²) in [7, 11) is 0. The minimum Gasteiger partial charge on any atom is -0.437 e. The summed E-state index contributed by atoms with van der Waals surface area (Å²) in [5, 5.41) is 8.57. The Morgan fingerprint density at radius 1 is 1.14 bits per heavy atom. The van der Waals surface area contributed by atoms with Gasteiger partial charge in [0.2, 0.25) is 5.88 Å². The lowest BCUT2D eigenvalue weighted by Gasteiger charge is -2.17. The molecule has 0 spiro atoms. The molecular weight excluding hydrogens is 444 g/mol. The number of halogens is 3. The lowest BCUT2D eigenvalue weighted by molar-refractivity contribution is 0.217. The average molecular weight is 464 g/mol. The first-order valence-corrected chi connectivity index (χ1v) is 10.5. The van der Waals surface area contributed by atoms with Crippen molar-refractivity contribution in [1.82, 2.24) is 24.9 Å². The number of pyridine rings is 1. The summed E-state index contributed by atoms with van der Waals surface area (Å²) in [6.07, 6.45) is 1.25. The first-order valence-electron chi connectivity index (χ1n) is 9.72. The van der Waals surface area contributed by atoms with Gasteiger partial charge in [0.25, 0.3) is 0 Å². The van der Waals surface area contributed by atoms with E-state index in [2.05, 4.69) is 31.2 Å².